The summed E-state index contributed by atoms with van der Waals surface area (Å²) in [6, 6.07) is 3.59. The van der Waals surface area contributed by atoms with Crippen LogP contribution in [0.5, 0.6) is 0 Å². The SMILES string of the molecule is NS(=O)(=O)c1cccc(S(=O)(=O)NC2C=CS(=O)(=O)C2)c1. The summed E-state index contributed by atoms with van der Waals surface area (Å²) >= 11 is 0. The zero-order chi connectivity index (χ0) is 15.9. The first kappa shape index (κ1) is 16.1. The number of benzene rings is 1. The van der Waals surface area contributed by atoms with Gasteiger partial charge in [0.2, 0.25) is 20.0 Å². The van der Waals surface area contributed by atoms with Crippen molar-refractivity contribution in [2.45, 2.75) is 15.8 Å². The predicted molar refractivity (Wildman–Crippen MR) is 74.9 cm³/mol. The van der Waals surface area contributed by atoms with E-state index in [1.807, 2.05) is 0 Å². The second kappa shape index (κ2) is 5.18. The minimum Gasteiger partial charge on any atom is -0.225 e. The van der Waals surface area contributed by atoms with E-state index in [9.17, 15) is 25.3 Å². The summed E-state index contributed by atoms with van der Waals surface area (Å²) in [6.07, 6.45) is 1.22. The first-order valence-corrected chi connectivity index (χ1v) is 10.3. The molecule has 0 aromatic heterocycles. The molecule has 1 aliphatic rings. The molecule has 0 radical (unpaired) electrons. The maximum absolute atomic E-state index is 12.1. The molecule has 0 spiro atoms. The second-order valence-electron chi connectivity index (χ2n) is 4.41. The number of primary sulfonamides is 1. The molecular weight excluding hydrogens is 340 g/mol. The van der Waals surface area contributed by atoms with Crippen LogP contribution in [-0.4, -0.2) is 37.0 Å². The molecule has 0 amide bonds. The first-order valence-electron chi connectivity index (χ1n) is 5.56. The minimum absolute atomic E-state index is 0.313. The summed E-state index contributed by atoms with van der Waals surface area (Å²) < 4.78 is 71.3. The molecule has 8 nitrogen and oxygen atoms in total. The molecule has 0 aliphatic carbocycles. The Morgan fingerprint density at radius 3 is 2.29 bits per heavy atom. The van der Waals surface area contributed by atoms with Crippen LogP contribution in [0, 0.1) is 0 Å². The summed E-state index contributed by atoms with van der Waals surface area (Å²) in [7, 11) is -11.5. The van der Waals surface area contributed by atoms with Gasteiger partial charge < -0.3 is 0 Å². The van der Waals surface area contributed by atoms with E-state index >= 15 is 0 Å². The third-order valence-corrected chi connectivity index (χ3v) is 6.48. The lowest BCUT2D eigenvalue weighted by atomic mass is 10.4. The van der Waals surface area contributed by atoms with Crippen molar-refractivity contribution in [1.82, 2.24) is 4.72 Å². The van der Waals surface area contributed by atoms with Gasteiger partial charge in [-0.1, -0.05) is 12.1 Å². The number of sulfone groups is 1. The van der Waals surface area contributed by atoms with E-state index in [1.54, 1.807) is 0 Å². The standard InChI is InChI=1S/C10H12N2O6S3/c11-20(15,16)9-2-1-3-10(6-9)21(17,18)12-8-4-5-19(13,14)7-8/h1-6,8,12H,7H2,(H2,11,15,16). The molecule has 1 aromatic carbocycles. The summed E-state index contributed by atoms with van der Waals surface area (Å²) in [6.45, 7) is 0. The van der Waals surface area contributed by atoms with Gasteiger partial charge in [-0.2, -0.15) is 0 Å². The zero-order valence-electron chi connectivity index (χ0n) is 10.5. The lowest BCUT2D eigenvalue weighted by Crippen LogP contribution is -2.35. The molecule has 116 valence electrons. The molecule has 0 saturated heterocycles. The van der Waals surface area contributed by atoms with Gasteiger partial charge in [-0.3, -0.25) is 0 Å². The predicted octanol–water partition coefficient (Wildman–Crippen LogP) is -1.08. The Bertz CT molecular complexity index is 900. The van der Waals surface area contributed by atoms with Crippen molar-refractivity contribution in [2.24, 2.45) is 5.14 Å². The molecule has 0 fully saturated rings. The van der Waals surface area contributed by atoms with Crippen molar-refractivity contribution >= 4 is 29.9 Å². The van der Waals surface area contributed by atoms with Gasteiger partial charge in [0.05, 0.1) is 21.6 Å². The third kappa shape index (κ3) is 3.89. The van der Waals surface area contributed by atoms with E-state index in [2.05, 4.69) is 4.72 Å². The number of nitrogens with one attached hydrogen (secondary N) is 1. The number of hydrogen-bond donors (Lipinski definition) is 2. The summed E-state index contributed by atoms with van der Waals surface area (Å²) in [5.74, 6) is -0.374. The minimum atomic E-state index is -4.06. The van der Waals surface area contributed by atoms with Crippen LogP contribution in [-0.2, 0) is 29.9 Å². The monoisotopic (exact) mass is 352 g/mol. The topological polar surface area (TPSA) is 140 Å². The largest absolute Gasteiger partial charge is 0.241 e. The van der Waals surface area contributed by atoms with Crippen molar-refractivity contribution in [2.75, 3.05) is 5.75 Å². The van der Waals surface area contributed by atoms with Crippen LogP contribution in [0.1, 0.15) is 0 Å². The van der Waals surface area contributed by atoms with Crippen molar-refractivity contribution in [3.8, 4) is 0 Å². The van der Waals surface area contributed by atoms with E-state index in [-0.39, 0.29) is 15.5 Å². The number of sulfonamides is 2. The van der Waals surface area contributed by atoms with Gasteiger partial charge >= 0.3 is 0 Å². The molecule has 1 heterocycles. The van der Waals surface area contributed by atoms with E-state index < -0.39 is 35.9 Å². The molecule has 1 atom stereocenters. The number of hydrogen-bond acceptors (Lipinski definition) is 6. The summed E-state index contributed by atoms with van der Waals surface area (Å²) in [4.78, 5) is -0.660. The Kier molecular flexibility index (Phi) is 3.97. The summed E-state index contributed by atoms with van der Waals surface area (Å²) in [5.41, 5.74) is 0. The maximum atomic E-state index is 12.1. The molecule has 1 aromatic rings. The lowest BCUT2D eigenvalue weighted by molar-refractivity contribution is 0.574. The maximum Gasteiger partial charge on any atom is 0.241 e. The van der Waals surface area contributed by atoms with Gasteiger partial charge in [0.15, 0.2) is 9.84 Å². The van der Waals surface area contributed by atoms with Crippen LogP contribution in [0.25, 0.3) is 0 Å². The third-order valence-electron chi connectivity index (χ3n) is 2.68. The molecular formula is C10H12N2O6S3. The van der Waals surface area contributed by atoms with E-state index in [0.717, 1.165) is 17.5 Å². The van der Waals surface area contributed by atoms with E-state index in [1.165, 1.54) is 18.2 Å². The number of rotatable bonds is 4. The molecule has 0 saturated carbocycles. The first-order chi connectivity index (χ1) is 9.50. The van der Waals surface area contributed by atoms with Crippen molar-refractivity contribution < 1.29 is 25.3 Å². The fourth-order valence-corrected chi connectivity index (χ4v) is 4.95. The highest BCUT2D eigenvalue weighted by Gasteiger charge is 2.27. The lowest BCUT2D eigenvalue weighted by Gasteiger charge is -2.11. The Morgan fingerprint density at radius 2 is 1.76 bits per heavy atom. The van der Waals surface area contributed by atoms with Gasteiger partial charge in [0.1, 0.15) is 0 Å². The van der Waals surface area contributed by atoms with E-state index in [4.69, 9.17) is 5.14 Å². The molecule has 21 heavy (non-hydrogen) atoms. The average molecular weight is 352 g/mol. The smallest absolute Gasteiger partial charge is 0.225 e. The van der Waals surface area contributed by atoms with Crippen molar-refractivity contribution in [3.05, 3.63) is 35.7 Å². The molecule has 3 N–H and O–H groups in total. The Morgan fingerprint density at radius 1 is 1.14 bits per heavy atom. The van der Waals surface area contributed by atoms with Crippen LogP contribution in [0.2, 0.25) is 0 Å². The van der Waals surface area contributed by atoms with Gasteiger partial charge in [-0.15, -0.1) is 0 Å². The summed E-state index contributed by atoms with van der Waals surface area (Å²) in [5, 5.41) is 5.87. The van der Waals surface area contributed by atoms with Crippen LogP contribution in [0.15, 0.2) is 45.5 Å². The highest BCUT2D eigenvalue weighted by atomic mass is 32.2. The average Bonchev–Trinajstić information content (AvgIpc) is 2.67. The molecule has 1 aliphatic heterocycles. The van der Waals surface area contributed by atoms with Gasteiger partial charge in [-0.25, -0.2) is 35.1 Å². The van der Waals surface area contributed by atoms with Crippen LogP contribution >= 0.6 is 0 Å². The van der Waals surface area contributed by atoms with Crippen LogP contribution in [0.4, 0.5) is 0 Å². The van der Waals surface area contributed by atoms with Gasteiger partial charge in [0, 0.05) is 5.41 Å². The zero-order valence-corrected chi connectivity index (χ0v) is 12.9. The van der Waals surface area contributed by atoms with E-state index in [0.29, 0.717) is 0 Å². The normalized spacial score (nSPS) is 21.5. The second-order valence-corrected chi connectivity index (χ2v) is 9.61. The Balaban J connectivity index is 2.31. The fraction of sp³-hybridized carbons (Fsp3) is 0.200. The number of nitrogens with two attached hydrogens (primary N) is 1. The Hall–Kier alpha value is -1.27. The van der Waals surface area contributed by atoms with Crippen LogP contribution < -0.4 is 9.86 Å². The highest BCUT2D eigenvalue weighted by Crippen LogP contribution is 2.16. The Labute approximate surface area is 122 Å². The molecule has 0 bridgehead atoms. The molecule has 2 rings (SSSR count). The molecule has 11 heteroatoms. The van der Waals surface area contributed by atoms with Crippen LogP contribution in [0.3, 0.4) is 0 Å². The quantitative estimate of drug-likeness (QED) is 0.706. The van der Waals surface area contributed by atoms with Crippen molar-refractivity contribution in [3.63, 3.8) is 0 Å². The van der Waals surface area contributed by atoms with Gasteiger partial charge in [0.25, 0.3) is 0 Å². The van der Waals surface area contributed by atoms with Gasteiger partial charge in [-0.05, 0) is 18.2 Å². The fourth-order valence-electron chi connectivity index (χ4n) is 1.73. The van der Waals surface area contributed by atoms with Crippen molar-refractivity contribution in [1.29, 1.82) is 0 Å². The molecule has 1 unspecified atom stereocenters. The highest BCUT2D eigenvalue weighted by molar-refractivity contribution is 7.94.